The molecule has 1 N–H and O–H groups in total. The maximum atomic E-state index is 13.5. The third-order valence-electron chi connectivity index (χ3n) is 3.31. The number of halogens is 1. The van der Waals surface area contributed by atoms with Crippen molar-refractivity contribution in [3.63, 3.8) is 0 Å². The van der Waals surface area contributed by atoms with Gasteiger partial charge in [-0.3, -0.25) is 4.79 Å². The molecule has 1 unspecified atom stereocenters. The van der Waals surface area contributed by atoms with Crippen molar-refractivity contribution < 1.29 is 9.18 Å². The molecular weight excluding hydrogens is 193 g/mol. The number of amides is 1. The van der Waals surface area contributed by atoms with E-state index in [1.54, 1.807) is 6.07 Å². The highest BCUT2D eigenvalue weighted by atomic mass is 19.1. The molecule has 0 spiro atoms. The van der Waals surface area contributed by atoms with Crippen molar-refractivity contribution in [2.45, 2.75) is 25.2 Å². The van der Waals surface area contributed by atoms with E-state index in [4.69, 9.17) is 0 Å². The van der Waals surface area contributed by atoms with Gasteiger partial charge in [-0.05, 0) is 36.3 Å². The van der Waals surface area contributed by atoms with Crippen LogP contribution in [0.4, 0.5) is 10.1 Å². The highest BCUT2D eigenvalue weighted by molar-refractivity contribution is 5.95. The second kappa shape index (κ2) is 3.05. The number of carbonyl (C=O) groups is 1. The number of para-hydroxylation sites is 1. The van der Waals surface area contributed by atoms with Gasteiger partial charge in [0.25, 0.3) is 0 Å². The van der Waals surface area contributed by atoms with Gasteiger partial charge in [0.1, 0.15) is 5.82 Å². The summed E-state index contributed by atoms with van der Waals surface area (Å²) >= 11 is 0. The summed E-state index contributed by atoms with van der Waals surface area (Å²) in [6.45, 7) is 0. The van der Waals surface area contributed by atoms with Crippen LogP contribution in [0.2, 0.25) is 0 Å². The number of nitrogens with one attached hydrogen (secondary N) is 1. The van der Waals surface area contributed by atoms with Crippen molar-refractivity contribution in [1.82, 2.24) is 0 Å². The van der Waals surface area contributed by atoms with Gasteiger partial charge in [-0.2, -0.15) is 0 Å². The lowest BCUT2D eigenvalue weighted by atomic mass is 9.86. The number of hydrogen-bond donors (Lipinski definition) is 1. The van der Waals surface area contributed by atoms with Gasteiger partial charge in [0.2, 0.25) is 5.91 Å². The summed E-state index contributed by atoms with van der Waals surface area (Å²) in [5.41, 5.74) is 1.39. The summed E-state index contributed by atoms with van der Waals surface area (Å²) in [4.78, 5) is 11.4. The van der Waals surface area contributed by atoms with E-state index in [1.807, 2.05) is 6.07 Å². The van der Waals surface area contributed by atoms with Gasteiger partial charge in [0, 0.05) is 6.42 Å². The summed E-state index contributed by atoms with van der Waals surface area (Å²) in [5.74, 6) is 0.469. The molecule has 3 rings (SSSR count). The Kier molecular flexibility index (Phi) is 1.81. The van der Waals surface area contributed by atoms with E-state index in [-0.39, 0.29) is 17.6 Å². The third-order valence-corrected chi connectivity index (χ3v) is 3.31. The van der Waals surface area contributed by atoms with Crippen LogP contribution in [0.3, 0.4) is 0 Å². The van der Waals surface area contributed by atoms with Gasteiger partial charge in [0.05, 0.1) is 5.69 Å². The molecule has 1 amide bonds. The van der Waals surface area contributed by atoms with E-state index in [0.717, 1.165) is 5.56 Å². The Morgan fingerprint density at radius 2 is 2.13 bits per heavy atom. The van der Waals surface area contributed by atoms with Gasteiger partial charge in [-0.25, -0.2) is 4.39 Å². The molecular formula is C12H12FNO. The summed E-state index contributed by atoms with van der Waals surface area (Å²) in [6.07, 6.45) is 2.86. The normalized spacial score (nSPS) is 24.6. The molecule has 1 aromatic carbocycles. The molecule has 0 bridgehead atoms. The molecule has 2 aliphatic rings. The average Bonchev–Trinajstić information content (AvgIpc) is 3.02. The summed E-state index contributed by atoms with van der Waals surface area (Å²) in [5, 5.41) is 2.63. The topological polar surface area (TPSA) is 29.1 Å². The molecule has 0 saturated heterocycles. The van der Waals surface area contributed by atoms with Crippen molar-refractivity contribution >= 4 is 11.6 Å². The third kappa shape index (κ3) is 1.42. The Morgan fingerprint density at radius 1 is 1.33 bits per heavy atom. The average molecular weight is 205 g/mol. The van der Waals surface area contributed by atoms with Crippen LogP contribution in [0.5, 0.6) is 0 Å². The predicted octanol–water partition coefficient (Wildman–Crippen LogP) is 2.66. The summed E-state index contributed by atoms with van der Waals surface area (Å²) in [6, 6.07) is 5.05. The largest absolute Gasteiger partial charge is 0.323 e. The predicted molar refractivity (Wildman–Crippen MR) is 55.1 cm³/mol. The number of benzene rings is 1. The molecule has 78 valence electrons. The number of fused-ring (bicyclic) bond motifs is 1. The number of rotatable bonds is 1. The maximum absolute atomic E-state index is 13.5. The Balaban J connectivity index is 2.09. The molecule has 1 heterocycles. The summed E-state index contributed by atoms with van der Waals surface area (Å²) < 4.78 is 13.5. The van der Waals surface area contributed by atoms with E-state index >= 15 is 0 Å². The van der Waals surface area contributed by atoms with Crippen LogP contribution < -0.4 is 5.32 Å². The molecule has 1 aliphatic carbocycles. The molecule has 3 heteroatoms. The van der Waals surface area contributed by atoms with Gasteiger partial charge < -0.3 is 5.32 Å². The van der Waals surface area contributed by atoms with Gasteiger partial charge in [-0.15, -0.1) is 0 Å². The minimum absolute atomic E-state index is 0.0514. The fraction of sp³-hybridized carbons (Fsp3) is 0.417. The highest BCUT2D eigenvalue weighted by Crippen LogP contribution is 2.48. The molecule has 1 saturated carbocycles. The van der Waals surface area contributed by atoms with Crippen molar-refractivity contribution in [3.05, 3.63) is 29.6 Å². The van der Waals surface area contributed by atoms with Crippen molar-refractivity contribution in [2.75, 3.05) is 5.32 Å². The molecule has 1 fully saturated rings. The van der Waals surface area contributed by atoms with Crippen molar-refractivity contribution in [2.24, 2.45) is 5.92 Å². The second-order valence-corrected chi connectivity index (χ2v) is 4.40. The van der Waals surface area contributed by atoms with Crippen LogP contribution in [-0.2, 0) is 4.79 Å². The van der Waals surface area contributed by atoms with E-state index in [9.17, 15) is 9.18 Å². The van der Waals surface area contributed by atoms with Gasteiger partial charge >= 0.3 is 0 Å². The minimum atomic E-state index is -0.314. The van der Waals surface area contributed by atoms with Crippen molar-refractivity contribution in [3.8, 4) is 0 Å². The van der Waals surface area contributed by atoms with Gasteiger partial charge in [-0.1, -0.05) is 12.1 Å². The van der Waals surface area contributed by atoms with E-state index in [0.29, 0.717) is 18.0 Å². The lowest BCUT2D eigenvalue weighted by Gasteiger charge is -2.25. The monoisotopic (exact) mass is 205 g/mol. The maximum Gasteiger partial charge on any atom is 0.225 e. The first-order valence-corrected chi connectivity index (χ1v) is 5.34. The molecule has 15 heavy (non-hydrogen) atoms. The first-order chi connectivity index (χ1) is 7.25. The number of anilines is 1. The Hall–Kier alpha value is -1.38. The van der Waals surface area contributed by atoms with Crippen LogP contribution in [0.15, 0.2) is 18.2 Å². The van der Waals surface area contributed by atoms with Crippen LogP contribution >= 0.6 is 0 Å². The molecule has 1 aliphatic heterocycles. The number of carbonyl (C=O) groups excluding carboxylic acids is 1. The minimum Gasteiger partial charge on any atom is -0.323 e. The van der Waals surface area contributed by atoms with Crippen LogP contribution in [0.1, 0.15) is 30.7 Å². The van der Waals surface area contributed by atoms with E-state index in [2.05, 4.69) is 5.32 Å². The Bertz CT molecular complexity index is 426. The van der Waals surface area contributed by atoms with Crippen LogP contribution in [0, 0.1) is 11.7 Å². The molecule has 0 aromatic heterocycles. The Morgan fingerprint density at radius 3 is 2.87 bits per heavy atom. The quantitative estimate of drug-likeness (QED) is 0.750. The second-order valence-electron chi connectivity index (χ2n) is 4.40. The molecule has 1 aromatic rings. The highest BCUT2D eigenvalue weighted by Gasteiger charge is 2.38. The zero-order valence-electron chi connectivity index (χ0n) is 8.29. The smallest absolute Gasteiger partial charge is 0.225 e. The lowest BCUT2D eigenvalue weighted by Crippen LogP contribution is -2.24. The zero-order chi connectivity index (χ0) is 10.4. The first kappa shape index (κ1) is 8.89. The van der Waals surface area contributed by atoms with Crippen molar-refractivity contribution in [1.29, 1.82) is 0 Å². The first-order valence-electron chi connectivity index (χ1n) is 5.34. The fourth-order valence-electron chi connectivity index (χ4n) is 2.40. The number of hydrogen-bond acceptors (Lipinski definition) is 1. The summed E-state index contributed by atoms with van der Waals surface area (Å²) in [7, 11) is 0. The van der Waals surface area contributed by atoms with Crippen LogP contribution in [0.25, 0.3) is 0 Å². The molecule has 0 radical (unpaired) electrons. The van der Waals surface area contributed by atoms with E-state index < -0.39 is 0 Å². The lowest BCUT2D eigenvalue weighted by molar-refractivity contribution is -0.117. The van der Waals surface area contributed by atoms with E-state index in [1.165, 1.54) is 18.9 Å². The zero-order valence-corrected chi connectivity index (χ0v) is 8.29. The molecule has 2 nitrogen and oxygen atoms in total. The molecule has 1 atom stereocenters. The fourth-order valence-corrected chi connectivity index (χ4v) is 2.40. The van der Waals surface area contributed by atoms with Crippen LogP contribution in [-0.4, -0.2) is 5.91 Å². The Labute approximate surface area is 87.5 Å². The van der Waals surface area contributed by atoms with Gasteiger partial charge in [0.15, 0.2) is 0 Å². The SMILES string of the molecule is O=C1CC(C2CC2)c2cccc(F)c2N1. The standard InChI is InChI=1S/C12H12FNO/c13-10-3-1-2-8-9(7-4-5-7)6-11(15)14-12(8)10/h1-3,7,9H,4-6H2,(H,14,15).